The third kappa shape index (κ3) is 4940. The smallest absolute Gasteiger partial charge is 0.577 e. The average molecular weight is 334 g/mol. The second-order valence-electron chi connectivity index (χ2n) is 0. The van der Waals surface area contributed by atoms with Crippen LogP contribution in [-0.4, -0.2) is 0 Å². The number of rotatable bonds is 0. The van der Waals surface area contributed by atoms with Crippen molar-refractivity contribution in [2.24, 2.45) is 0 Å². The molecular formula is C6FeN7Na4O. The largest absolute Gasteiger partial charge is 3.00 e. The van der Waals surface area contributed by atoms with E-state index in [9.17, 15) is 0 Å². The van der Waals surface area contributed by atoms with Gasteiger partial charge < -0.3 is 81.5 Å². The molecule has 0 aromatic heterocycles. The predicted molar refractivity (Wildman–Crippen MR) is 36.5 cm³/mol. The number of nitrogens with zero attached hydrogens (tertiary/aromatic N) is 7. The number of nitroso groups, excluding NO2 is 1. The third-order valence-electron chi connectivity index (χ3n) is 0. The molecule has 0 atom stereocenters. The van der Waals surface area contributed by atoms with Gasteiger partial charge in [-0.2, -0.15) is 0 Å². The van der Waals surface area contributed by atoms with E-state index in [1.807, 2.05) is 0 Å². The van der Waals surface area contributed by atoms with Crippen LogP contribution in [0.4, 0.5) is 0 Å². The molecule has 1 radical (unpaired) electrons. The average Bonchev–Trinajstić information content (AvgIpc) is 2.45. The van der Waals surface area contributed by atoms with Gasteiger partial charge in [-0.1, -0.05) is 0 Å². The third-order valence-corrected chi connectivity index (χ3v) is 0. The maximum Gasteiger partial charge on any atom is 3.00 e. The molecule has 0 heterocycles. The van der Waals surface area contributed by atoms with Crippen molar-refractivity contribution in [2.45, 2.75) is 0 Å². The first-order valence-corrected chi connectivity index (χ1v) is 1.52. The number of hydrogen-bond acceptors (Lipinski definition) is 7. The summed E-state index contributed by atoms with van der Waals surface area (Å²) >= 11 is 0. The molecule has 0 unspecified atom stereocenters. The van der Waals surface area contributed by atoms with Crippen molar-refractivity contribution in [3.63, 3.8) is 0 Å². The first-order chi connectivity index (χ1) is 7.00. The van der Waals surface area contributed by atoms with Crippen molar-refractivity contribution in [2.75, 3.05) is 0 Å². The van der Waals surface area contributed by atoms with E-state index in [1.54, 1.807) is 0 Å². The summed E-state index contributed by atoms with van der Waals surface area (Å²) < 4.78 is 0. The van der Waals surface area contributed by atoms with Gasteiger partial charge in [-0.15, -0.1) is 0 Å². The minimum Gasteiger partial charge on any atom is -0.577 e. The molecule has 0 aliphatic heterocycles. The Kier molecular flexibility index (Phi) is 32700. The topological polar surface area (TPSA) is 182 Å². The van der Waals surface area contributed by atoms with Gasteiger partial charge in [-0.3, -0.25) is 0 Å². The van der Waals surface area contributed by atoms with Crippen LogP contribution < -0.4 is 118 Å². The van der Waals surface area contributed by atoms with Crippen LogP contribution in [0.5, 0.6) is 0 Å². The molecule has 0 saturated carbocycles. The van der Waals surface area contributed by atoms with Crippen LogP contribution >= 0.6 is 0 Å². The molecule has 0 aliphatic carbocycles. The molecule has 0 aromatic carbocycles. The zero-order chi connectivity index (χ0) is 14.0. The maximum absolute atomic E-state index is 7.25. The quantitative estimate of drug-likeness (QED) is 0.311. The Morgan fingerprint density at radius 3 is 0.421 bits per heavy atom. The van der Waals surface area contributed by atoms with Gasteiger partial charge in [0.05, 0.1) is 0 Å². The fourth-order valence-electron chi connectivity index (χ4n) is 0. The summed E-state index contributed by atoms with van der Waals surface area (Å²) in [6, 6.07) is 0. The zero-order valence-electron chi connectivity index (χ0n) is 10.9. The van der Waals surface area contributed by atoms with E-state index < -0.39 is 0 Å². The van der Waals surface area contributed by atoms with Crippen LogP contribution in [-0.2, 0) is 17.1 Å². The van der Waals surface area contributed by atoms with Crippen LogP contribution in [0.25, 0.3) is 5.59 Å². The fourth-order valence-corrected chi connectivity index (χ4v) is 0. The molecule has 0 rings (SSSR count). The fraction of sp³-hybridized carbons (Fsp3) is 0. The Bertz CT molecular complexity index is 124. The van der Waals surface area contributed by atoms with Crippen molar-refractivity contribution in [1.29, 1.82) is 31.6 Å². The van der Waals surface area contributed by atoms with Crippen molar-refractivity contribution in [3.05, 3.63) is 49.9 Å². The first kappa shape index (κ1) is 112. The first-order valence-electron chi connectivity index (χ1n) is 1.52. The van der Waals surface area contributed by atoms with E-state index in [1.165, 1.54) is 0 Å². The van der Waals surface area contributed by atoms with Crippen LogP contribution in [0.1, 0.15) is 0 Å². The summed E-state index contributed by atoms with van der Waals surface area (Å²) in [5, 5.41) is 37.5. The van der Waals surface area contributed by atoms with Gasteiger partial charge in [-0.25, -0.2) is 0 Å². The van der Waals surface area contributed by atoms with E-state index in [0.717, 1.165) is 0 Å². The van der Waals surface area contributed by atoms with E-state index in [-0.39, 0.29) is 135 Å². The monoisotopic (exact) mass is 334 g/mol. The molecule has 0 fully saturated rings. The zero-order valence-corrected chi connectivity index (χ0v) is 20.0. The molecule has 77 valence electrons. The maximum atomic E-state index is 7.25. The van der Waals surface area contributed by atoms with Gasteiger partial charge in [0.25, 0.3) is 0 Å². The molecule has 0 saturated heterocycles. The molecule has 8 nitrogen and oxygen atoms in total. The van der Waals surface area contributed by atoms with Gasteiger partial charge in [0, 0.05) is 0 Å². The molecule has 0 amide bonds. The Morgan fingerprint density at radius 2 is 0.421 bits per heavy atom. The molecule has 0 aliphatic rings. The summed E-state index contributed by atoms with van der Waals surface area (Å²) in [6.07, 6.45) is 0. The summed E-state index contributed by atoms with van der Waals surface area (Å²) in [7, 11) is 0. The molecule has 19 heavy (non-hydrogen) atoms. The molecule has 0 aromatic rings. The van der Waals surface area contributed by atoms with Crippen LogP contribution in [0.15, 0.2) is 0 Å². The van der Waals surface area contributed by atoms with Crippen molar-refractivity contribution < 1.29 is 135 Å². The van der Waals surface area contributed by atoms with Crippen molar-refractivity contribution in [1.82, 2.24) is 0 Å². The standard InChI is InChI=1S/6CN.Fe.NO.4Na/c6*1-2;;1-2;;;;/q6*-1;+3;-1;4*+1. The molecule has 0 N–H and O–H groups in total. The molecular weight excluding hydrogens is 334 g/mol. The van der Waals surface area contributed by atoms with Crippen LogP contribution in [0, 0.1) is 75.9 Å². The van der Waals surface area contributed by atoms with E-state index in [0.29, 0.717) is 0 Å². The summed E-state index contributed by atoms with van der Waals surface area (Å²) in [6.45, 7) is 28.5. The summed E-state index contributed by atoms with van der Waals surface area (Å²) in [4.78, 5) is 7.25. The van der Waals surface area contributed by atoms with Gasteiger partial charge in [0.15, 0.2) is 0 Å². The second kappa shape index (κ2) is 5540. The molecule has 0 spiro atoms. The van der Waals surface area contributed by atoms with Crippen LogP contribution in [0.3, 0.4) is 0 Å². The minimum atomic E-state index is 0. The Morgan fingerprint density at radius 1 is 0.421 bits per heavy atom. The van der Waals surface area contributed by atoms with Gasteiger partial charge in [-0.05, 0) is 0 Å². The SMILES string of the molecule is [C-]#N.[C-]#N.[C-]#N.[C-]#N.[C-]#N.[C-]#N.[Fe+3].[N-]=O.[Na+].[Na+].[Na+].[Na+]. The predicted octanol–water partition coefficient (Wildman–Crippen LogP) is -11.1. The van der Waals surface area contributed by atoms with E-state index in [4.69, 9.17) is 81.5 Å². The van der Waals surface area contributed by atoms with Gasteiger partial charge >= 0.3 is 135 Å². The van der Waals surface area contributed by atoms with E-state index >= 15 is 0 Å². The minimum absolute atomic E-state index is 0. The van der Waals surface area contributed by atoms with Crippen molar-refractivity contribution in [3.8, 4) is 0 Å². The van der Waals surface area contributed by atoms with E-state index in [2.05, 4.69) is 0 Å². The number of hydrogen-bond donors (Lipinski definition) is 0. The Labute approximate surface area is 213 Å². The van der Waals surface area contributed by atoms with Crippen molar-refractivity contribution >= 4 is 0 Å². The molecule has 13 heteroatoms. The van der Waals surface area contributed by atoms with Crippen LogP contribution in [0.2, 0.25) is 0 Å². The van der Waals surface area contributed by atoms with Gasteiger partial charge in [0.1, 0.15) is 0 Å². The second-order valence-corrected chi connectivity index (χ2v) is 0. The summed E-state index contributed by atoms with van der Waals surface area (Å²) in [5.74, 6) is 0. The summed E-state index contributed by atoms with van der Waals surface area (Å²) in [5.41, 5.74) is 5.75. The Hall–Kier alpha value is 1.06. The molecule has 0 bridgehead atoms. The normalized spacial score (nSPS) is 0.842. The van der Waals surface area contributed by atoms with Gasteiger partial charge in [0.2, 0.25) is 0 Å². The Balaban J connectivity index is -0.00000000288.